The number of H-pyrrole nitrogens is 1. The van der Waals surface area contributed by atoms with Crippen LogP contribution in [0.1, 0.15) is 12.5 Å². The van der Waals surface area contributed by atoms with Crippen LogP contribution in [-0.2, 0) is 20.8 Å². The summed E-state index contributed by atoms with van der Waals surface area (Å²) in [6, 6.07) is 14.7. The minimum absolute atomic E-state index is 0.112. The van der Waals surface area contributed by atoms with E-state index in [1.54, 1.807) is 37.4 Å². The smallest absolute Gasteiger partial charge is 0.268 e. The molecule has 0 bridgehead atoms. The van der Waals surface area contributed by atoms with Gasteiger partial charge in [0.25, 0.3) is 11.8 Å². The van der Waals surface area contributed by atoms with E-state index < -0.39 is 12.0 Å². The van der Waals surface area contributed by atoms with Crippen LogP contribution in [0, 0.1) is 0 Å². The van der Waals surface area contributed by atoms with Crippen molar-refractivity contribution in [2.24, 2.45) is 0 Å². The lowest BCUT2D eigenvalue weighted by atomic mass is 10.1. The van der Waals surface area contributed by atoms with Gasteiger partial charge in [0, 0.05) is 17.1 Å². The number of benzene rings is 2. The van der Waals surface area contributed by atoms with Gasteiger partial charge in [-0.05, 0) is 30.7 Å². The van der Waals surface area contributed by atoms with E-state index in [9.17, 15) is 14.4 Å². The highest BCUT2D eigenvalue weighted by Crippen LogP contribution is 2.33. The van der Waals surface area contributed by atoms with Crippen LogP contribution in [0.5, 0.6) is 5.75 Å². The molecule has 148 valence electrons. The molecule has 0 radical (unpaired) electrons. The summed E-state index contributed by atoms with van der Waals surface area (Å²) < 4.78 is 5.55. The molecule has 8 heteroatoms. The van der Waals surface area contributed by atoms with Crippen molar-refractivity contribution in [3.8, 4) is 5.75 Å². The van der Waals surface area contributed by atoms with E-state index in [0.717, 1.165) is 16.5 Å². The van der Waals surface area contributed by atoms with Gasteiger partial charge in [0.2, 0.25) is 5.91 Å². The highest BCUT2D eigenvalue weighted by atomic mass is 16.5. The van der Waals surface area contributed by atoms with Crippen molar-refractivity contribution in [2.75, 3.05) is 11.4 Å². The molecule has 0 aliphatic carbocycles. The van der Waals surface area contributed by atoms with Gasteiger partial charge in [0.05, 0.1) is 12.1 Å². The Morgan fingerprint density at radius 1 is 1.07 bits per heavy atom. The second-order valence-corrected chi connectivity index (χ2v) is 6.78. The normalized spacial score (nSPS) is 15.6. The van der Waals surface area contributed by atoms with Crippen LogP contribution >= 0.6 is 0 Å². The molecule has 3 N–H and O–H groups in total. The lowest BCUT2D eigenvalue weighted by molar-refractivity contribution is -0.130. The Morgan fingerprint density at radius 3 is 2.66 bits per heavy atom. The number of anilines is 1. The topological polar surface area (TPSA) is 104 Å². The number of nitrogens with one attached hydrogen (secondary N) is 3. The van der Waals surface area contributed by atoms with Crippen LogP contribution in [0.3, 0.4) is 0 Å². The van der Waals surface area contributed by atoms with E-state index in [0.29, 0.717) is 11.4 Å². The number of aromatic amines is 1. The summed E-state index contributed by atoms with van der Waals surface area (Å²) in [4.78, 5) is 41.4. The molecule has 2 aromatic carbocycles. The third-order valence-corrected chi connectivity index (χ3v) is 4.74. The number of fused-ring (bicyclic) bond motifs is 2. The molecule has 3 amide bonds. The fourth-order valence-electron chi connectivity index (χ4n) is 3.34. The Kier molecular flexibility index (Phi) is 4.90. The van der Waals surface area contributed by atoms with Gasteiger partial charge in [-0.2, -0.15) is 0 Å². The molecule has 4 rings (SSSR count). The van der Waals surface area contributed by atoms with Gasteiger partial charge in [0.15, 0.2) is 6.10 Å². The van der Waals surface area contributed by atoms with Gasteiger partial charge in [-0.25, -0.2) is 0 Å². The standard InChI is InChI=1S/C21H20N4O4/c1-13-21(28)25(17-8-4-5-9-18(17)29-13)12-20(27)24-23-19(26)10-14-11-22-16-7-3-2-6-15(14)16/h2-9,11,13,22H,10,12H2,1H3,(H,23,26)(H,24,27). The zero-order valence-electron chi connectivity index (χ0n) is 15.8. The van der Waals surface area contributed by atoms with Gasteiger partial charge in [0.1, 0.15) is 12.3 Å². The maximum absolute atomic E-state index is 12.4. The molecule has 0 saturated heterocycles. The molecule has 8 nitrogen and oxygen atoms in total. The minimum Gasteiger partial charge on any atom is -0.479 e. The van der Waals surface area contributed by atoms with Crippen LogP contribution in [0.2, 0.25) is 0 Å². The van der Waals surface area contributed by atoms with Gasteiger partial charge < -0.3 is 9.72 Å². The number of carbonyl (C=O) groups excluding carboxylic acids is 3. The molecule has 1 atom stereocenters. The Labute approximate surface area is 166 Å². The van der Waals surface area contributed by atoms with E-state index in [-0.39, 0.29) is 24.8 Å². The zero-order chi connectivity index (χ0) is 20.4. The van der Waals surface area contributed by atoms with Crippen molar-refractivity contribution >= 4 is 34.3 Å². The van der Waals surface area contributed by atoms with Crippen LogP contribution in [-0.4, -0.2) is 35.4 Å². The Morgan fingerprint density at radius 2 is 1.79 bits per heavy atom. The molecular weight excluding hydrogens is 372 g/mol. The van der Waals surface area contributed by atoms with Crippen LogP contribution in [0.4, 0.5) is 5.69 Å². The highest BCUT2D eigenvalue weighted by molar-refractivity contribution is 6.03. The predicted octanol–water partition coefficient (Wildman–Crippen LogP) is 1.67. The van der Waals surface area contributed by atoms with Crippen molar-refractivity contribution in [2.45, 2.75) is 19.4 Å². The van der Waals surface area contributed by atoms with Crippen LogP contribution < -0.4 is 20.5 Å². The Hall–Kier alpha value is -3.81. The minimum atomic E-state index is -0.686. The van der Waals surface area contributed by atoms with E-state index in [1.807, 2.05) is 24.3 Å². The van der Waals surface area contributed by atoms with Crippen LogP contribution in [0.15, 0.2) is 54.7 Å². The molecule has 2 heterocycles. The first-order valence-corrected chi connectivity index (χ1v) is 9.22. The van der Waals surface area contributed by atoms with Crippen molar-refractivity contribution in [3.05, 3.63) is 60.3 Å². The molecule has 29 heavy (non-hydrogen) atoms. The monoisotopic (exact) mass is 392 g/mol. The molecule has 1 aliphatic rings. The van der Waals surface area contributed by atoms with Gasteiger partial charge in [-0.15, -0.1) is 0 Å². The number of para-hydroxylation sites is 3. The van der Waals surface area contributed by atoms with E-state index in [1.165, 1.54) is 4.90 Å². The van der Waals surface area contributed by atoms with Gasteiger partial charge in [-0.3, -0.25) is 30.1 Å². The quantitative estimate of drug-likeness (QED) is 0.588. The second kappa shape index (κ2) is 7.67. The zero-order valence-corrected chi connectivity index (χ0v) is 15.8. The second-order valence-electron chi connectivity index (χ2n) is 6.78. The lowest BCUT2D eigenvalue weighted by Crippen LogP contribution is -2.51. The summed E-state index contributed by atoms with van der Waals surface area (Å²) in [6.45, 7) is 1.41. The fourth-order valence-corrected chi connectivity index (χ4v) is 3.34. The summed E-state index contributed by atoms with van der Waals surface area (Å²) in [5.41, 5.74) is 7.07. The molecular formula is C21H20N4O4. The molecule has 0 fully saturated rings. The number of hydrogen-bond donors (Lipinski definition) is 3. The SMILES string of the molecule is CC1Oc2ccccc2N(CC(=O)NNC(=O)Cc2c[nH]c3ccccc23)C1=O. The molecule has 0 saturated carbocycles. The first-order chi connectivity index (χ1) is 14.0. The summed E-state index contributed by atoms with van der Waals surface area (Å²) >= 11 is 0. The largest absolute Gasteiger partial charge is 0.479 e. The highest BCUT2D eigenvalue weighted by Gasteiger charge is 2.32. The number of rotatable bonds is 4. The predicted molar refractivity (Wildman–Crippen MR) is 107 cm³/mol. The Balaban J connectivity index is 1.36. The fraction of sp³-hybridized carbons (Fsp3) is 0.190. The van der Waals surface area contributed by atoms with Crippen LogP contribution in [0.25, 0.3) is 10.9 Å². The third kappa shape index (κ3) is 3.77. The maximum Gasteiger partial charge on any atom is 0.268 e. The van der Waals surface area contributed by atoms with E-state index in [4.69, 9.17) is 4.74 Å². The van der Waals surface area contributed by atoms with Crippen molar-refractivity contribution in [3.63, 3.8) is 0 Å². The number of nitrogens with zero attached hydrogens (tertiary/aromatic N) is 1. The van der Waals surface area contributed by atoms with E-state index in [2.05, 4.69) is 15.8 Å². The average molecular weight is 392 g/mol. The first kappa shape index (κ1) is 18.5. The number of aromatic nitrogens is 1. The van der Waals surface area contributed by atoms with Crippen molar-refractivity contribution in [1.29, 1.82) is 0 Å². The number of hydrogen-bond acceptors (Lipinski definition) is 4. The number of carbonyl (C=O) groups is 3. The number of hydrazine groups is 1. The maximum atomic E-state index is 12.4. The number of ether oxygens (including phenoxy) is 1. The summed E-state index contributed by atoms with van der Waals surface area (Å²) in [7, 11) is 0. The van der Waals surface area contributed by atoms with Crippen molar-refractivity contribution < 1.29 is 19.1 Å². The molecule has 1 unspecified atom stereocenters. The lowest BCUT2D eigenvalue weighted by Gasteiger charge is -2.32. The summed E-state index contributed by atoms with van der Waals surface area (Å²) in [5.74, 6) is -0.639. The summed E-state index contributed by atoms with van der Waals surface area (Å²) in [5, 5.41) is 0.957. The molecule has 1 aliphatic heterocycles. The molecule has 3 aromatic rings. The third-order valence-electron chi connectivity index (χ3n) is 4.74. The van der Waals surface area contributed by atoms with Crippen molar-refractivity contribution in [1.82, 2.24) is 15.8 Å². The number of amides is 3. The average Bonchev–Trinajstić information content (AvgIpc) is 3.13. The van der Waals surface area contributed by atoms with Gasteiger partial charge in [-0.1, -0.05) is 30.3 Å². The van der Waals surface area contributed by atoms with E-state index >= 15 is 0 Å². The summed E-state index contributed by atoms with van der Waals surface area (Å²) in [6.07, 6.45) is 1.20. The molecule has 0 spiro atoms. The molecule has 1 aromatic heterocycles. The Bertz CT molecular complexity index is 1090. The van der Waals surface area contributed by atoms with Gasteiger partial charge >= 0.3 is 0 Å². The first-order valence-electron chi connectivity index (χ1n) is 9.22.